The van der Waals surface area contributed by atoms with Gasteiger partial charge in [-0.15, -0.1) is 12.4 Å². The Balaban J connectivity index is 0.00000650. The Kier molecular flexibility index (Phi) is 12.2. The Labute approximate surface area is 314 Å². The first-order chi connectivity index (χ1) is 25.1. The van der Waals surface area contributed by atoms with Crippen molar-refractivity contribution in [1.82, 2.24) is 28.2 Å². The molecule has 0 aliphatic rings. The molecule has 0 saturated heterocycles. The first-order valence-electron chi connectivity index (χ1n) is 16.0. The fraction of sp³-hybridized carbons (Fsp3) is 0.206. The molecule has 0 aliphatic carbocycles. The normalized spacial score (nSPS) is 10.5. The third-order valence-electron chi connectivity index (χ3n) is 8.12. The minimum atomic E-state index is -0.495. The molecular formula is C34H40ClN13O6. The molecule has 0 spiro atoms. The highest BCUT2D eigenvalue weighted by Crippen LogP contribution is 2.22. The number of carbonyl (C=O) groups excluding carboxylic acids is 6. The van der Waals surface area contributed by atoms with Crippen LogP contribution in [0.15, 0.2) is 61.3 Å². The van der Waals surface area contributed by atoms with Crippen molar-refractivity contribution in [3.05, 3.63) is 89.8 Å². The molecule has 5 aromatic heterocycles. The number of rotatable bonds is 14. The average molecular weight is 762 g/mol. The van der Waals surface area contributed by atoms with Crippen LogP contribution in [0.3, 0.4) is 0 Å². The molecule has 284 valence electrons. The lowest BCUT2D eigenvalue weighted by Gasteiger charge is -2.04. The van der Waals surface area contributed by atoms with Crippen molar-refractivity contribution in [2.24, 2.45) is 41.0 Å². The van der Waals surface area contributed by atoms with Crippen LogP contribution in [0.2, 0.25) is 0 Å². The van der Waals surface area contributed by atoms with E-state index in [2.05, 4.69) is 31.9 Å². The second kappa shape index (κ2) is 16.5. The van der Waals surface area contributed by atoms with Crippen LogP contribution in [-0.4, -0.2) is 71.2 Å². The molecule has 0 fully saturated rings. The van der Waals surface area contributed by atoms with E-state index in [0.717, 1.165) is 0 Å². The molecule has 5 aromatic rings. The van der Waals surface area contributed by atoms with Gasteiger partial charge in [0.15, 0.2) is 0 Å². The average Bonchev–Trinajstić information content (AvgIpc) is 3.89. The molecule has 0 saturated carbocycles. The quantitative estimate of drug-likeness (QED) is 0.0476. The van der Waals surface area contributed by atoms with Gasteiger partial charge in [-0.2, -0.15) is 0 Å². The molecule has 9 N–H and O–H groups in total. The molecule has 5 heterocycles. The van der Waals surface area contributed by atoms with Gasteiger partial charge in [0.05, 0.1) is 34.3 Å². The summed E-state index contributed by atoms with van der Waals surface area (Å²) in [4.78, 5) is 75.7. The first-order valence-corrected chi connectivity index (χ1v) is 16.0. The number of nitrogens with one attached hydrogen (secondary N) is 7. The lowest BCUT2D eigenvalue weighted by atomic mass is 10.3. The minimum absolute atomic E-state index is 0. The molecule has 0 bridgehead atoms. The van der Waals surface area contributed by atoms with E-state index in [1.54, 1.807) is 84.5 Å². The zero-order chi connectivity index (χ0) is 38.6. The molecule has 54 heavy (non-hydrogen) atoms. The molecule has 0 atom stereocenters. The Morgan fingerprint density at radius 1 is 0.556 bits per heavy atom. The highest BCUT2D eigenvalue weighted by molar-refractivity contribution is 6.09. The van der Waals surface area contributed by atoms with E-state index in [9.17, 15) is 28.8 Å². The van der Waals surface area contributed by atoms with Gasteiger partial charge in [0.2, 0.25) is 6.41 Å². The van der Waals surface area contributed by atoms with Gasteiger partial charge in [-0.1, -0.05) is 0 Å². The van der Waals surface area contributed by atoms with Crippen molar-refractivity contribution < 1.29 is 28.8 Å². The van der Waals surface area contributed by atoms with Gasteiger partial charge >= 0.3 is 0 Å². The summed E-state index contributed by atoms with van der Waals surface area (Å²) in [6.07, 6.45) is 8.62. The fourth-order valence-electron chi connectivity index (χ4n) is 5.55. The Bertz CT molecular complexity index is 2270. The number of hydrogen-bond donors (Lipinski definition) is 8. The summed E-state index contributed by atoms with van der Waals surface area (Å²) in [7, 11) is 8.25. The summed E-state index contributed by atoms with van der Waals surface area (Å²) < 4.78 is 7.73. The van der Waals surface area contributed by atoms with Crippen molar-refractivity contribution in [3.8, 4) is 0 Å². The van der Waals surface area contributed by atoms with Crippen LogP contribution in [0.4, 0.5) is 28.4 Å². The molecule has 20 heteroatoms. The van der Waals surface area contributed by atoms with Crippen LogP contribution < -0.4 is 37.6 Å². The third-order valence-corrected chi connectivity index (χ3v) is 8.12. The van der Waals surface area contributed by atoms with Crippen molar-refractivity contribution in [2.75, 3.05) is 33.1 Å². The van der Waals surface area contributed by atoms with Gasteiger partial charge in [0.1, 0.15) is 28.5 Å². The van der Waals surface area contributed by atoms with Crippen LogP contribution in [0.5, 0.6) is 0 Å². The van der Waals surface area contributed by atoms with E-state index in [1.165, 1.54) is 34.9 Å². The van der Waals surface area contributed by atoms with Crippen LogP contribution in [-0.2, 0) is 40.0 Å². The van der Waals surface area contributed by atoms with Crippen molar-refractivity contribution >= 4 is 82.6 Å². The molecule has 0 radical (unpaired) electrons. The van der Waals surface area contributed by atoms with Crippen molar-refractivity contribution in [2.45, 2.75) is 6.42 Å². The number of nitrogens with two attached hydrogens (primary N) is 1. The SMILES string of the molecule is Cl.Cn1cc(NC(=O)c2cc(NC(=O)c3cc(NC(=O)c4cc(NC(=O)c5cc(NC=O)cn5C)cn4C)cn3C)cn2C)cc1C(=O)NCCC(=N)N. The highest BCUT2D eigenvalue weighted by Gasteiger charge is 2.21. The van der Waals surface area contributed by atoms with E-state index in [1.807, 2.05) is 0 Å². The van der Waals surface area contributed by atoms with Gasteiger partial charge in [-0.25, -0.2) is 0 Å². The van der Waals surface area contributed by atoms with Gasteiger partial charge in [-0.05, 0) is 30.3 Å². The molecule has 6 amide bonds. The molecule has 0 aromatic carbocycles. The van der Waals surface area contributed by atoms with Gasteiger partial charge < -0.3 is 60.5 Å². The predicted molar refractivity (Wildman–Crippen MR) is 205 cm³/mol. The number of hydrogen-bond acceptors (Lipinski definition) is 7. The summed E-state index contributed by atoms with van der Waals surface area (Å²) >= 11 is 0. The number of aromatic nitrogens is 5. The fourth-order valence-corrected chi connectivity index (χ4v) is 5.55. The minimum Gasteiger partial charge on any atom is -0.388 e. The number of halogens is 1. The smallest absolute Gasteiger partial charge is 0.272 e. The standard InChI is InChI=1S/C34H39N13O6.ClH/c1-43-13-19(38-18-48)8-25(43)31(50)40-21-10-27(45(3)15-21)33(52)42-23-12-28(47(5)17-23)34(53)41-22-11-26(46(4)16-22)32(51)39-20-9-24(44(2)14-20)30(49)37-7-6-29(35)36;/h8-18H,6-7H2,1-5H3,(H3,35,36)(H,37,49)(H,38,48)(H,39,51)(H,40,50)(H,41,53)(H,42,52);1H. The molecular weight excluding hydrogens is 722 g/mol. The van der Waals surface area contributed by atoms with E-state index in [4.69, 9.17) is 11.1 Å². The summed E-state index contributed by atoms with van der Waals surface area (Å²) in [6.45, 7) is 0.204. The third kappa shape index (κ3) is 9.06. The second-order valence-corrected chi connectivity index (χ2v) is 12.2. The molecule has 5 rings (SSSR count). The summed E-state index contributed by atoms with van der Waals surface area (Å²) in [5, 5.41) is 23.5. The number of anilines is 5. The van der Waals surface area contributed by atoms with Gasteiger partial charge in [-0.3, -0.25) is 34.2 Å². The zero-order valence-electron chi connectivity index (χ0n) is 29.9. The number of amidine groups is 1. The Morgan fingerprint density at radius 3 is 1.13 bits per heavy atom. The van der Waals surface area contributed by atoms with E-state index < -0.39 is 23.6 Å². The topological polar surface area (TPSA) is 249 Å². The summed E-state index contributed by atoms with van der Waals surface area (Å²) in [5.74, 6) is -2.32. The number of nitrogens with zero attached hydrogens (tertiary/aromatic N) is 5. The maximum Gasteiger partial charge on any atom is 0.272 e. The van der Waals surface area contributed by atoms with E-state index >= 15 is 0 Å². The van der Waals surface area contributed by atoms with Gasteiger partial charge in [0.25, 0.3) is 29.5 Å². The van der Waals surface area contributed by atoms with Crippen molar-refractivity contribution in [3.63, 3.8) is 0 Å². The van der Waals surface area contributed by atoms with E-state index in [-0.39, 0.29) is 54.2 Å². The number of aryl methyl sites for hydroxylation is 5. The second-order valence-electron chi connectivity index (χ2n) is 12.2. The Morgan fingerprint density at radius 2 is 0.833 bits per heavy atom. The highest BCUT2D eigenvalue weighted by atomic mass is 35.5. The largest absolute Gasteiger partial charge is 0.388 e. The monoisotopic (exact) mass is 761 g/mol. The van der Waals surface area contributed by atoms with Crippen LogP contribution in [0.1, 0.15) is 58.9 Å². The van der Waals surface area contributed by atoms with Crippen LogP contribution in [0.25, 0.3) is 0 Å². The summed E-state index contributed by atoms with van der Waals surface area (Å²) in [5.41, 5.74) is 8.52. The first kappa shape index (κ1) is 39.8. The summed E-state index contributed by atoms with van der Waals surface area (Å²) in [6, 6.07) is 7.54. The zero-order valence-corrected chi connectivity index (χ0v) is 30.8. The lowest BCUT2D eigenvalue weighted by Crippen LogP contribution is -2.28. The molecule has 0 unspecified atom stereocenters. The maximum atomic E-state index is 13.3. The van der Waals surface area contributed by atoms with Crippen LogP contribution >= 0.6 is 12.4 Å². The van der Waals surface area contributed by atoms with E-state index in [0.29, 0.717) is 46.2 Å². The predicted octanol–water partition coefficient (Wildman–Crippen LogP) is 2.43. The molecule has 0 aliphatic heterocycles. The lowest BCUT2D eigenvalue weighted by molar-refractivity contribution is -0.105. The van der Waals surface area contributed by atoms with Gasteiger partial charge in [0, 0.05) is 79.2 Å². The molecule has 19 nitrogen and oxygen atoms in total. The van der Waals surface area contributed by atoms with Crippen molar-refractivity contribution in [1.29, 1.82) is 5.41 Å². The maximum absolute atomic E-state index is 13.3. The number of carbonyl (C=O) groups is 6. The van der Waals surface area contributed by atoms with Crippen LogP contribution in [0, 0.1) is 5.41 Å². The number of amides is 6. The Hall–Kier alpha value is -7.02.